The standard InChI is InChI=1S/C12H18Cl2N2O2S/c1-3-5-6-16(4-2)19(17,18)12-10(13)7-9(15)8-11(12)14/h7-8H,3-6,15H2,1-2H3. The van der Waals surface area contributed by atoms with Crippen LogP contribution in [0.3, 0.4) is 0 Å². The van der Waals surface area contributed by atoms with Gasteiger partial charge in [-0.1, -0.05) is 43.5 Å². The topological polar surface area (TPSA) is 63.4 Å². The largest absolute Gasteiger partial charge is 0.399 e. The number of anilines is 1. The normalized spacial score (nSPS) is 12.1. The number of nitrogens with zero attached hydrogens (tertiary/aromatic N) is 1. The highest BCUT2D eigenvalue weighted by atomic mass is 35.5. The molecule has 0 heterocycles. The Morgan fingerprint density at radius 2 is 1.74 bits per heavy atom. The first-order chi connectivity index (χ1) is 8.84. The van der Waals surface area contributed by atoms with Crippen LogP contribution in [0.2, 0.25) is 10.0 Å². The lowest BCUT2D eigenvalue weighted by molar-refractivity contribution is 0.419. The zero-order valence-electron chi connectivity index (χ0n) is 11.0. The molecule has 0 bridgehead atoms. The summed E-state index contributed by atoms with van der Waals surface area (Å²) in [6.07, 6.45) is 1.70. The molecule has 0 fully saturated rings. The molecule has 108 valence electrons. The highest BCUT2D eigenvalue weighted by Crippen LogP contribution is 2.33. The molecule has 0 amide bonds. The Morgan fingerprint density at radius 3 is 2.16 bits per heavy atom. The van der Waals surface area contributed by atoms with E-state index in [1.165, 1.54) is 16.4 Å². The summed E-state index contributed by atoms with van der Waals surface area (Å²) in [4.78, 5) is -0.0667. The van der Waals surface area contributed by atoms with E-state index in [2.05, 4.69) is 0 Å². The number of unbranched alkanes of at least 4 members (excludes halogenated alkanes) is 1. The minimum Gasteiger partial charge on any atom is -0.399 e. The summed E-state index contributed by atoms with van der Waals surface area (Å²) >= 11 is 12.0. The maximum Gasteiger partial charge on any atom is 0.246 e. The molecule has 0 saturated carbocycles. The van der Waals surface area contributed by atoms with Gasteiger partial charge in [-0.05, 0) is 18.6 Å². The van der Waals surface area contributed by atoms with Crippen molar-refractivity contribution in [1.82, 2.24) is 4.31 Å². The predicted molar refractivity (Wildman–Crippen MR) is 80.2 cm³/mol. The van der Waals surface area contributed by atoms with Crippen molar-refractivity contribution in [2.24, 2.45) is 0 Å². The summed E-state index contributed by atoms with van der Waals surface area (Å²) in [6.45, 7) is 4.61. The highest BCUT2D eigenvalue weighted by molar-refractivity contribution is 7.89. The smallest absolute Gasteiger partial charge is 0.246 e. The van der Waals surface area contributed by atoms with Crippen LogP contribution in [0.25, 0.3) is 0 Å². The van der Waals surface area contributed by atoms with Crippen LogP contribution < -0.4 is 5.73 Å². The Morgan fingerprint density at radius 1 is 1.21 bits per heavy atom. The van der Waals surface area contributed by atoms with Gasteiger partial charge in [0, 0.05) is 18.8 Å². The van der Waals surface area contributed by atoms with Crippen LogP contribution in [0.5, 0.6) is 0 Å². The van der Waals surface area contributed by atoms with Gasteiger partial charge in [0.2, 0.25) is 10.0 Å². The zero-order valence-corrected chi connectivity index (χ0v) is 13.3. The molecule has 0 aromatic heterocycles. The molecule has 7 heteroatoms. The lowest BCUT2D eigenvalue weighted by Crippen LogP contribution is -2.32. The SMILES string of the molecule is CCCCN(CC)S(=O)(=O)c1c(Cl)cc(N)cc1Cl. The van der Waals surface area contributed by atoms with Gasteiger partial charge in [-0.15, -0.1) is 0 Å². The molecule has 0 spiro atoms. The Balaban J connectivity index is 3.26. The molecule has 0 unspecified atom stereocenters. The molecule has 1 rings (SSSR count). The van der Waals surface area contributed by atoms with Crippen LogP contribution in [-0.2, 0) is 10.0 Å². The first kappa shape index (κ1) is 16.6. The van der Waals surface area contributed by atoms with Crippen molar-refractivity contribution in [3.05, 3.63) is 22.2 Å². The van der Waals surface area contributed by atoms with Crippen molar-refractivity contribution >= 4 is 38.9 Å². The number of hydrogen-bond acceptors (Lipinski definition) is 3. The second-order valence-corrected chi connectivity index (χ2v) is 6.85. The van der Waals surface area contributed by atoms with Crippen molar-refractivity contribution in [3.63, 3.8) is 0 Å². The van der Waals surface area contributed by atoms with Crippen molar-refractivity contribution in [1.29, 1.82) is 0 Å². The van der Waals surface area contributed by atoms with Gasteiger partial charge in [0.05, 0.1) is 10.0 Å². The first-order valence-corrected chi connectivity index (χ1v) is 8.28. The fourth-order valence-corrected chi connectivity index (χ4v) is 4.40. The second-order valence-electron chi connectivity index (χ2n) is 4.16. The van der Waals surface area contributed by atoms with Crippen molar-refractivity contribution < 1.29 is 8.42 Å². The molecule has 0 aliphatic rings. The molecule has 4 nitrogen and oxygen atoms in total. The third kappa shape index (κ3) is 3.75. The van der Waals surface area contributed by atoms with E-state index in [0.29, 0.717) is 18.8 Å². The summed E-state index contributed by atoms with van der Waals surface area (Å²) in [5, 5.41) is 0.111. The third-order valence-electron chi connectivity index (χ3n) is 2.73. The van der Waals surface area contributed by atoms with Crippen LogP contribution in [0, 0.1) is 0 Å². The molecular weight excluding hydrogens is 307 g/mol. The lowest BCUT2D eigenvalue weighted by Gasteiger charge is -2.21. The van der Waals surface area contributed by atoms with Gasteiger partial charge in [-0.2, -0.15) is 4.31 Å². The number of nitrogen functional groups attached to an aromatic ring is 1. The maximum absolute atomic E-state index is 12.5. The summed E-state index contributed by atoms with van der Waals surface area (Å²) in [5.41, 5.74) is 5.92. The minimum atomic E-state index is -3.69. The summed E-state index contributed by atoms with van der Waals surface area (Å²) in [5.74, 6) is 0. The molecule has 2 N–H and O–H groups in total. The van der Waals surface area contributed by atoms with Crippen LogP contribution >= 0.6 is 23.2 Å². The van der Waals surface area contributed by atoms with E-state index in [0.717, 1.165) is 12.8 Å². The molecule has 19 heavy (non-hydrogen) atoms. The number of hydrogen-bond donors (Lipinski definition) is 1. The van der Waals surface area contributed by atoms with Crippen LogP contribution in [0.15, 0.2) is 17.0 Å². The van der Waals surface area contributed by atoms with E-state index >= 15 is 0 Å². The molecule has 1 aromatic carbocycles. The average molecular weight is 325 g/mol. The Bertz CT molecular complexity index is 524. The monoisotopic (exact) mass is 324 g/mol. The van der Waals surface area contributed by atoms with Crippen LogP contribution in [0.1, 0.15) is 26.7 Å². The molecule has 0 aliphatic carbocycles. The van der Waals surface area contributed by atoms with E-state index in [9.17, 15) is 8.42 Å². The average Bonchev–Trinajstić information content (AvgIpc) is 2.27. The Labute approximate surface area is 124 Å². The van der Waals surface area contributed by atoms with E-state index in [1.54, 1.807) is 6.92 Å². The molecule has 0 aliphatic heterocycles. The van der Waals surface area contributed by atoms with Crippen molar-refractivity contribution in [2.45, 2.75) is 31.6 Å². The molecule has 0 saturated heterocycles. The molecule has 1 aromatic rings. The highest BCUT2D eigenvalue weighted by Gasteiger charge is 2.28. The molecular formula is C12H18Cl2N2O2S. The second kappa shape index (κ2) is 6.79. The van der Waals surface area contributed by atoms with Gasteiger partial charge >= 0.3 is 0 Å². The molecule has 0 radical (unpaired) electrons. The fourth-order valence-electron chi connectivity index (χ4n) is 1.74. The van der Waals surface area contributed by atoms with Crippen molar-refractivity contribution in [3.8, 4) is 0 Å². The van der Waals surface area contributed by atoms with Gasteiger partial charge in [0.15, 0.2) is 0 Å². The third-order valence-corrected chi connectivity index (χ3v) is 5.63. The number of nitrogens with two attached hydrogens (primary N) is 1. The van der Waals surface area contributed by atoms with Crippen LogP contribution in [0.4, 0.5) is 5.69 Å². The first-order valence-electron chi connectivity index (χ1n) is 6.09. The maximum atomic E-state index is 12.5. The van der Waals surface area contributed by atoms with E-state index in [4.69, 9.17) is 28.9 Å². The van der Waals surface area contributed by atoms with E-state index in [1.807, 2.05) is 6.92 Å². The van der Waals surface area contributed by atoms with Crippen molar-refractivity contribution in [2.75, 3.05) is 18.8 Å². The summed E-state index contributed by atoms with van der Waals surface area (Å²) < 4.78 is 26.5. The quantitative estimate of drug-likeness (QED) is 0.816. The number of sulfonamides is 1. The zero-order chi connectivity index (χ0) is 14.6. The van der Waals surface area contributed by atoms with Gasteiger partial charge in [-0.25, -0.2) is 8.42 Å². The summed E-state index contributed by atoms with van der Waals surface area (Å²) in [6, 6.07) is 2.79. The predicted octanol–water partition coefficient (Wildman–Crippen LogP) is 3.39. The van der Waals surface area contributed by atoms with Gasteiger partial charge in [0.25, 0.3) is 0 Å². The number of rotatable bonds is 6. The van der Waals surface area contributed by atoms with Crippen LogP contribution in [-0.4, -0.2) is 25.8 Å². The lowest BCUT2D eigenvalue weighted by atomic mass is 10.3. The van der Waals surface area contributed by atoms with E-state index < -0.39 is 10.0 Å². The fraction of sp³-hybridized carbons (Fsp3) is 0.500. The number of halogens is 2. The van der Waals surface area contributed by atoms with Gasteiger partial charge in [0.1, 0.15) is 4.90 Å². The Kier molecular flexibility index (Phi) is 5.92. The van der Waals surface area contributed by atoms with Gasteiger partial charge < -0.3 is 5.73 Å². The summed E-state index contributed by atoms with van der Waals surface area (Å²) in [7, 11) is -3.69. The minimum absolute atomic E-state index is 0.0555. The molecule has 0 atom stereocenters. The Hall–Kier alpha value is -0.490. The van der Waals surface area contributed by atoms with Gasteiger partial charge in [-0.3, -0.25) is 0 Å². The number of benzene rings is 1. The van der Waals surface area contributed by atoms with E-state index in [-0.39, 0.29) is 14.9 Å².